The van der Waals surface area contributed by atoms with E-state index in [1.807, 2.05) is 30.3 Å². The quantitative estimate of drug-likeness (QED) is 0.579. The predicted octanol–water partition coefficient (Wildman–Crippen LogP) is 3.17. The van der Waals surface area contributed by atoms with Gasteiger partial charge < -0.3 is 10.4 Å². The first-order chi connectivity index (χ1) is 12.7. The molecular weight excluding hydrogens is 333 g/mol. The number of hydrogen-bond acceptors (Lipinski definition) is 5. The number of nitrogens with zero attached hydrogens (tertiary/aromatic N) is 4. The average molecular weight is 349 g/mol. The number of aromatic nitrogens is 4. The Kier molecular flexibility index (Phi) is 4.18. The van der Waals surface area contributed by atoms with Crippen LogP contribution >= 0.6 is 0 Å². The van der Waals surface area contributed by atoms with Crippen LogP contribution in [0.2, 0.25) is 0 Å². The molecule has 0 bridgehead atoms. The molecule has 2 N–H and O–H groups in total. The third-order valence-corrected chi connectivity index (χ3v) is 3.99. The first kappa shape index (κ1) is 16.0. The van der Waals surface area contributed by atoms with Gasteiger partial charge in [0.25, 0.3) is 0 Å². The van der Waals surface area contributed by atoms with E-state index < -0.39 is 0 Å². The standard InChI is InChI=1S/C19H16FN5O/c20-15-3-1-2-14(10-15)12-21-17-8-9-18-22-23-19(25(18)24-17)11-13-4-6-16(26)7-5-13/h1-10,26H,11-12H2,(H,21,24). The van der Waals surface area contributed by atoms with Crippen molar-refractivity contribution >= 4 is 11.5 Å². The molecule has 0 spiro atoms. The van der Waals surface area contributed by atoms with Gasteiger partial charge in [0, 0.05) is 13.0 Å². The molecule has 0 saturated carbocycles. The molecule has 0 aliphatic carbocycles. The van der Waals surface area contributed by atoms with Gasteiger partial charge in [0.05, 0.1) is 0 Å². The minimum absolute atomic E-state index is 0.224. The number of rotatable bonds is 5. The zero-order chi connectivity index (χ0) is 17.9. The van der Waals surface area contributed by atoms with Crippen LogP contribution in [0.25, 0.3) is 5.65 Å². The lowest BCUT2D eigenvalue weighted by Crippen LogP contribution is -2.06. The van der Waals surface area contributed by atoms with Crippen LogP contribution in [-0.2, 0) is 13.0 Å². The summed E-state index contributed by atoms with van der Waals surface area (Å²) in [6.07, 6.45) is 0.543. The Labute approximate surface area is 148 Å². The smallest absolute Gasteiger partial charge is 0.178 e. The minimum atomic E-state index is -0.261. The molecule has 0 unspecified atom stereocenters. The van der Waals surface area contributed by atoms with E-state index in [0.717, 1.165) is 11.1 Å². The van der Waals surface area contributed by atoms with E-state index in [-0.39, 0.29) is 11.6 Å². The van der Waals surface area contributed by atoms with Crippen LogP contribution in [0.4, 0.5) is 10.2 Å². The third kappa shape index (κ3) is 3.46. The van der Waals surface area contributed by atoms with Gasteiger partial charge in [-0.3, -0.25) is 0 Å². The Bertz CT molecular complexity index is 1050. The predicted molar refractivity (Wildman–Crippen MR) is 95.4 cm³/mol. The number of phenols is 1. The Morgan fingerprint density at radius 3 is 2.62 bits per heavy atom. The Morgan fingerprint density at radius 1 is 0.962 bits per heavy atom. The van der Waals surface area contributed by atoms with E-state index >= 15 is 0 Å². The van der Waals surface area contributed by atoms with Crippen molar-refractivity contribution in [2.24, 2.45) is 0 Å². The maximum atomic E-state index is 13.3. The second kappa shape index (κ2) is 6.79. The topological polar surface area (TPSA) is 75.3 Å². The highest BCUT2D eigenvalue weighted by molar-refractivity contribution is 5.44. The summed E-state index contributed by atoms with van der Waals surface area (Å²) in [4.78, 5) is 0. The van der Waals surface area contributed by atoms with Gasteiger partial charge in [-0.2, -0.15) is 4.52 Å². The SMILES string of the molecule is Oc1ccc(Cc2nnc3ccc(NCc4cccc(F)c4)nn23)cc1. The molecule has 2 aromatic heterocycles. The van der Waals surface area contributed by atoms with Crippen molar-refractivity contribution in [3.8, 4) is 5.75 Å². The van der Waals surface area contributed by atoms with Gasteiger partial charge in [0.15, 0.2) is 11.5 Å². The Morgan fingerprint density at radius 2 is 1.81 bits per heavy atom. The van der Waals surface area contributed by atoms with Crippen LogP contribution in [0, 0.1) is 5.82 Å². The van der Waals surface area contributed by atoms with E-state index in [4.69, 9.17) is 0 Å². The van der Waals surface area contributed by atoms with Crippen LogP contribution in [0.5, 0.6) is 5.75 Å². The summed E-state index contributed by atoms with van der Waals surface area (Å²) in [5.74, 6) is 1.30. The lowest BCUT2D eigenvalue weighted by Gasteiger charge is -2.07. The first-order valence-corrected chi connectivity index (χ1v) is 8.15. The number of anilines is 1. The number of aromatic hydroxyl groups is 1. The second-order valence-electron chi connectivity index (χ2n) is 5.93. The Balaban J connectivity index is 1.55. The molecule has 0 aliphatic rings. The summed E-state index contributed by atoms with van der Waals surface area (Å²) in [5.41, 5.74) is 2.48. The summed E-state index contributed by atoms with van der Waals surface area (Å²) in [6, 6.07) is 17.0. The Hall–Kier alpha value is -3.48. The second-order valence-corrected chi connectivity index (χ2v) is 5.93. The molecule has 0 amide bonds. The van der Waals surface area contributed by atoms with Gasteiger partial charge in [-0.1, -0.05) is 24.3 Å². The van der Waals surface area contributed by atoms with Crippen LogP contribution in [0.1, 0.15) is 17.0 Å². The number of fused-ring (bicyclic) bond motifs is 1. The fraction of sp³-hybridized carbons (Fsp3) is 0.105. The number of halogens is 1. The van der Waals surface area contributed by atoms with Gasteiger partial charge in [-0.25, -0.2) is 4.39 Å². The fourth-order valence-corrected chi connectivity index (χ4v) is 2.67. The summed E-state index contributed by atoms with van der Waals surface area (Å²) in [6.45, 7) is 0.464. The summed E-state index contributed by atoms with van der Waals surface area (Å²) < 4.78 is 14.9. The monoisotopic (exact) mass is 349 g/mol. The number of hydrogen-bond donors (Lipinski definition) is 2. The summed E-state index contributed by atoms with van der Waals surface area (Å²) in [5, 5.41) is 25.4. The van der Waals surface area contributed by atoms with Gasteiger partial charge in [-0.05, 0) is 47.5 Å². The molecule has 0 atom stereocenters. The van der Waals surface area contributed by atoms with E-state index in [2.05, 4.69) is 20.6 Å². The largest absolute Gasteiger partial charge is 0.508 e. The molecule has 0 radical (unpaired) electrons. The fourth-order valence-electron chi connectivity index (χ4n) is 2.67. The third-order valence-electron chi connectivity index (χ3n) is 3.99. The number of nitrogens with one attached hydrogen (secondary N) is 1. The van der Waals surface area contributed by atoms with Gasteiger partial charge in [0.1, 0.15) is 17.4 Å². The van der Waals surface area contributed by atoms with Crippen LogP contribution < -0.4 is 5.32 Å². The lowest BCUT2D eigenvalue weighted by atomic mass is 10.1. The van der Waals surface area contributed by atoms with Crippen molar-refractivity contribution in [1.29, 1.82) is 0 Å². The van der Waals surface area contributed by atoms with E-state index in [9.17, 15) is 9.50 Å². The lowest BCUT2D eigenvalue weighted by molar-refractivity contribution is 0.475. The summed E-state index contributed by atoms with van der Waals surface area (Å²) in [7, 11) is 0. The molecule has 0 saturated heterocycles. The van der Waals surface area contributed by atoms with E-state index in [1.54, 1.807) is 22.7 Å². The molecule has 4 rings (SSSR count). The first-order valence-electron chi connectivity index (χ1n) is 8.15. The highest BCUT2D eigenvalue weighted by atomic mass is 19.1. The van der Waals surface area contributed by atoms with Crippen LogP contribution in [-0.4, -0.2) is 24.9 Å². The van der Waals surface area contributed by atoms with Gasteiger partial charge >= 0.3 is 0 Å². The average Bonchev–Trinajstić information content (AvgIpc) is 3.04. The van der Waals surface area contributed by atoms with E-state index in [0.29, 0.717) is 30.3 Å². The van der Waals surface area contributed by atoms with E-state index in [1.165, 1.54) is 12.1 Å². The van der Waals surface area contributed by atoms with Crippen molar-refractivity contribution < 1.29 is 9.50 Å². The highest BCUT2D eigenvalue weighted by Crippen LogP contribution is 2.15. The molecule has 0 aliphatic heterocycles. The van der Waals surface area contributed by atoms with Gasteiger partial charge in [0.2, 0.25) is 0 Å². The highest BCUT2D eigenvalue weighted by Gasteiger charge is 2.09. The molecule has 7 heteroatoms. The minimum Gasteiger partial charge on any atom is -0.508 e. The van der Waals surface area contributed by atoms with Crippen molar-refractivity contribution in [2.45, 2.75) is 13.0 Å². The van der Waals surface area contributed by atoms with Crippen LogP contribution in [0.3, 0.4) is 0 Å². The zero-order valence-electron chi connectivity index (χ0n) is 13.8. The van der Waals surface area contributed by atoms with Gasteiger partial charge in [-0.15, -0.1) is 15.3 Å². The molecule has 0 fully saturated rings. The molecule has 2 aromatic carbocycles. The molecule has 26 heavy (non-hydrogen) atoms. The number of phenolic OH excluding ortho intramolecular Hbond substituents is 1. The molecule has 6 nitrogen and oxygen atoms in total. The molecule has 2 heterocycles. The van der Waals surface area contributed by atoms with Crippen LogP contribution in [0.15, 0.2) is 60.7 Å². The molecule has 130 valence electrons. The molecular formula is C19H16FN5O. The maximum Gasteiger partial charge on any atom is 0.178 e. The number of benzene rings is 2. The molecule has 4 aromatic rings. The zero-order valence-corrected chi connectivity index (χ0v) is 13.8. The van der Waals surface area contributed by atoms with Crippen molar-refractivity contribution in [3.05, 3.63) is 83.4 Å². The van der Waals surface area contributed by atoms with Crippen molar-refractivity contribution in [3.63, 3.8) is 0 Å². The normalized spacial score (nSPS) is 11.0. The van der Waals surface area contributed by atoms with Crippen molar-refractivity contribution in [2.75, 3.05) is 5.32 Å². The summed E-state index contributed by atoms with van der Waals surface area (Å²) >= 11 is 0. The van der Waals surface area contributed by atoms with Crippen molar-refractivity contribution in [1.82, 2.24) is 19.8 Å². The maximum absolute atomic E-state index is 13.3.